The molecule has 0 bridgehead atoms. The van der Waals surface area contributed by atoms with Crippen molar-refractivity contribution in [2.45, 2.75) is 9.79 Å². The van der Waals surface area contributed by atoms with E-state index in [1.165, 1.54) is 21.2 Å². The van der Waals surface area contributed by atoms with Crippen molar-refractivity contribution in [3.63, 3.8) is 0 Å². The van der Waals surface area contributed by atoms with E-state index in [0.717, 1.165) is 60.7 Å². The Kier molecular flexibility index (Phi) is 4.54. The van der Waals surface area contributed by atoms with Crippen LogP contribution < -0.4 is 4.90 Å². The van der Waals surface area contributed by atoms with Crippen molar-refractivity contribution in [3.8, 4) is 11.1 Å². The summed E-state index contributed by atoms with van der Waals surface area (Å²) in [5.41, 5.74) is 9.23. The van der Waals surface area contributed by atoms with Gasteiger partial charge in [-0.05, 0) is 60.2 Å². The molecular weight excluding hydrogens is 510 g/mol. The van der Waals surface area contributed by atoms with Crippen LogP contribution in [0.5, 0.6) is 0 Å². The molecule has 6 aromatic carbocycles. The third-order valence-corrected chi connectivity index (χ3v) is 9.00. The van der Waals surface area contributed by atoms with Crippen LogP contribution in [0.1, 0.15) is 0 Å². The van der Waals surface area contributed by atoms with Gasteiger partial charge in [-0.15, -0.1) is 0 Å². The fraction of sp³-hybridized carbons (Fsp3) is 0. The molecule has 0 N–H and O–H groups in total. The topological polar surface area (TPSA) is 29.5 Å². The molecule has 0 saturated heterocycles. The summed E-state index contributed by atoms with van der Waals surface area (Å²) >= 11 is 1.83. The van der Waals surface area contributed by atoms with E-state index in [9.17, 15) is 0 Å². The standard InChI is InChI=1S/C36H21NO2S/c1-4-13-30-27(8-1)34-31(38-30)21-20-26-25-10-7-9-24(35(25)39-36(26)34)22-16-18-23(19-17-22)37-28-11-2-5-14-32(28)40-33-15-6-3-12-29(33)37/h1-21H. The zero-order valence-corrected chi connectivity index (χ0v) is 22.1. The van der Waals surface area contributed by atoms with E-state index in [2.05, 4.69) is 114 Å². The summed E-state index contributed by atoms with van der Waals surface area (Å²) in [7, 11) is 0. The second-order valence-corrected chi connectivity index (χ2v) is 11.2. The first-order valence-corrected chi connectivity index (χ1v) is 14.2. The van der Waals surface area contributed by atoms with Gasteiger partial charge in [0.15, 0.2) is 0 Å². The summed E-state index contributed by atoms with van der Waals surface area (Å²) in [6.45, 7) is 0. The molecule has 1 aliphatic heterocycles. The van der Waals surface area contributed by atoms with Gasteiger partial charge in [-0.1, -0.05) is 84.6 Å². The maximum absolute atomic E-state index is 6.68. The normalized spacial score (nSPS) is 12.8. The molecule has 0 fully saturated rings. The Bertz CT molecular complexity index is 2210. The lowest BCUT2D eigenvalue weighted by atomic mass is 10.0. The lowest BCUT2D eigenvalue weighted by Crippen LogP contribution is -2.14. The predicted molar refractivity (Wildman–Crippen MR) is 165 cm³/mol. The van der Waals surface area contributed by atoms with Crippen LogP contribution in [0.3, 0.4) is 0 Å². The van der Waals surface area contributed by atoms with Crippen LogP contribution in [-0.2, 0) is 0 Å². The van der Waals surface area contributed by atoms with Gasteiger partial charge in [-0.2, -0.15) is 0 Å². The molecule has 0 spiro atoms. The third kappa shape index (κ3) is 3.08. The lowest BCUT2D eigenvalue weighted by molar-refractivity contribution is 0.663. The summed E-state index contributed by atoms with van der Waals surface area (Å²) in [5, 5.41) is 4.32. The van der Waals surface area contributed by atoms with E-state index in [4.69, 9.17) is 8.83 Å². The molecule has 0 radical (unpaired) electrons. The van der Waals surface area contributed by atoms with E-state index < -0.39 is 0 Å². The van der Waals surface area contributed by atoms with Crippen LogP contribution in [0.4, 0.5) is 17.1 Å². The number of furan rings is 2. The predicted octanol–water partition coefficient (Wildman–Crippen LogP) is 11.1. The molecule has 9 rings (SSSR count). The second-order valence-electron chi connectivity index (χ2n) is 10.1. The SMILES string of the molecule is c1ccc2c(c1)Sc1ccccc1N2c1ccc(-c2cccc3c2oc2c3ccc3oc4ccccc4c32)cc1. The molecule has 1 aliphatic rings. The number of fused-ring (bicyclic) bond motifs is 9. The van der Waals surface area contributed by atoms with Gasteiger partial charge < -0.3 is 13.7 Å². The van der Waals surface area contributed by atoms with Gasteiger partial charge in [0.2, 0.25) is 0 Å². The zero-order valence-electron chi connectivity index (χ0n) is 21.3. The number of para-hydroxylation sites is 4. The highest BCUT2D eigenvalue weighted by molar-refractivity contribution is 7.99. The van der Waals surface area contributed by atoms with Gasteiger partial charge in [0, 0.05) is 37.2 Å². The number of nitrogens with zero attached hydrogens (tertiary/aromatic N) is 1. The van der Waals surface area contributed by atoms with Crippen molar-refractivity contribution in [1.29, 1.82) is 0 Å². The van der Waals surface area contributed by atoms with Crippen LogP contribution in [-0.4, -0.2) is 0 Å². The summed E-state index contributed by atoms with van der Waals surface area (Å²) < 4.78 is 12.8. The Balaban J connectivity index is 1.21. The quantitative estimate of drug-likeness (QED) is 0.222. The van der Waals surface area contributed by atoms with Crippen molar-refractivity contribution >= 4 is 72.7 Å². The van der Waals surface area contributed by atoms with Crippen LogP contribution in [0.15, 0.2) is 146 Å². The largest absolute Gasteiger partial charge is 0.456 e. The minimum Gasteiger partial charge on any atom is -0.456 e. The summed E-state index contributed by atoms with van der Waals surface area (Å²) in [6.07, 6.45) is 0. The Morgan fingerprint density at radius 2 is 1.15 bits per heavy atom. The molecule has 4 heteroatoms. The minimum atomic E-state index is 0.846. The first-order chi connectivity index (χ1) is 19.8. The van der Waals surface area contributed by atoms with Gasteiger partial charge >= 0.3 is 0 Å². The minimum absolute atomic E-state index is 0.846. The highest BCUT2D eigenvalue weighted by Gasteiger charge is 2.24. The number of hydrogen-bond donors (Lipinski definition) is 0. The maximum atomic E-state index is 6.68. The summed E-state index contributed by atoms with van der Waals surface area (Å²) in [5.74, 6) is 0. The highest BCUT2D eigenvalue weighted by Crippen LogP contribution is 2.51. The first kappa shape index (κ1) is 21.9. The van der Waals surface area contributed by atoms with Gasteiger partial charge in [0.1, 0.15) is 22.3 Å². The van der Waals surface area contributed by atoms with Crippen LogP contribution >= 0.6 is 11.8 Å². The average Bonchev–Trinajstić information content (AvgIpc) is 3.58. The number of anilines is 3. The summed E-state index contributed by atoms with van der Waals surface area (Å²) in [4.78, 5) is 4.87. The number of benzene rings is 6. The molecule has 2 aromatic heterocycles. The smallest absolute Gasteiger partial charge is 0.147 e. The maximum Gasteiger partial charge on any atom is 0.147 e. The van der Waals surface area contributed by atoms with Crippen LogP contribution in [0.25, 0.3) is 55.0 Å². The lowest BCUT2D eigenvalue weighted by Gasteiger charge is -2.32. The fourth-order valence-corrected chi connectivity index (χ4v) is 7.12. The monoisotopic (exact) mass is 531 g/mol. The molecule has 40 heavy (non-hydrogen) atoms. The average molecular weight is 532 g/mol. The third-order valence-electron chi connectivity index (χ3n) is 7.87. The molecule has 0 saturated carbocycles. The van der Waals surface area contributed by atoms with Crippen molar-refractivity contribution in [2.24, 2.45) is 0 Å². The molecule has 3 nitrogen and oxygen atoms in total. The van der Waals surface area contributed by atoms with Gasteiger partial charge in [-0.25, -0.2) is 0 Å². The second kappa shape index (κ2) is 8.28. The zero-order chi connectivity index (χ0) is 26.2. The van der Waals surface area contributed by atoms with E-state index in [-0.39, 0.29) is 0 Å². The fourth-order valence-electron chi connectivity index (χ4n) is 6.06. The van der Waals surface area contributed by atoms with Crippen LogP contribution in [0, 0.1) is 0 Å². The van der Waals surface area contributed by atoms with E-state index in [1.54, 1.807) is 0 Å². The van der Waals surface area contributed by atoms with Crippen molar-refractivity contribution < 1.29 is 8.83 Å². The van der Waals surface area contributed by atoms with E-state index in [0.29, 0.717) is 0 Å². The number of rotatable bonds is 2. The van der Waals surface area contributed by atoms with Gasteiger partial charge in [0.05, 0.1) is 16.8 Å². The summed E-state index contributed by atoms with van der Waals surface area (Å²) in [6, 6.07) is 44.8. The van der Waals surface area contributed by atoms with Gasteiger partial charge in [-0.3, -0.25) is 0 Å². The van der Waals surface area contributed by atoms with Crippen LogP contribution in [0.2, 0.25) is 0 Å². The molecule has 8 aromatic rings. The molecule has 188 valence electrons. The molecule has 0 atom stereocenters. The van der Waals surface area contributed by atoms with Crippen molar-refractivity contribution in [2.75, 3.05) is 4.90 Å². The van der Waals surface area contributed by atoms with E-state index in [1.807, 2.05) is 30.0 Å². The van der Waals surface area contributed by atoms with E-state index >= 15 is 0 Å². The highest BCUT2D eigenvalue weighted by atomic mass is 32.2. The Hall–Kier alpha value is -4.93. The van der Waals surface area contributed by atoms with Gasteiger partial charge in [0.25, 0.3) is 0 Å². The van der Waals surface area contributed by atoms with Crippen molar-refractivity contribution in [1.82, 2.24) is 0 Å². The molecule has 0 aliphatic carbocycles. The Labute approximate surface area is 234 Å². The molecular formula is C36H21NO2S. The number of hydrogen-bond acceptors (Lipinski definition) is 4. The molecule has 0 unspecified atom stereocenters. The molecule has 3 heterocycles. The molecule has 0 amide bonds. The Morgan fingerprint density at radius 3 is 1.95 bits per heavy atom. The van der Waals surface area contributed by atoms with Crippen molar-refractivity contribution in [3.05, 3.63) is 127 Å². The first-order valence-electron chi connectivity index (χ1n) is 13.4. The Morgan fingerprint density at radius 1 is 0.475 bits per heavy atom.